The zero-order valence-electron chi connectivity index (χ0n) is 12.2. The van der Waals surface area contributed by atoms with Crippen LogP contribution in [-0.4, -0.2) is 27.9 Å². The first-order valence-electron chi connectivity index (χ1n) is 7.07. The Hall–Kier alpha value is -2.10. The molecule has 1 atom stereocenters. The first kappa shape index (κ1) is 14.8. The number of hydrogen-bond acceptors (Lipinski definition) is 5. The largest absolute Gasteiger partial charge is 0.379 e. The average Bonchev–Trinajstić information content (AvgIpc) is 2.89. The molecule has 114 valence electrons. The number of fused-ring (bicyclic) bond motifs is 1. The summed E-state index contributed by atoms with van der Waals surface area (Å²) in [4.78, 5) is 4.46. The second kappa shape index (κ2) is 6.34. The zero-order valence-corrected chi connectivity index (χ0v) is 13.0. The fourth-order valence-corrected chi connectivity index (χ4v) is 2.79. The molecule has 7 heteroatoms. The Morgan fingerprint density at radius 2 is 2.41 bits per heavy atom. The van der Waals surface area contributed by atoms with Gasteiger partial charge in [0.15, 0.2) is 5.82 Å². The van der Waals surface area contributed by atoms with E-state index in [1.807, 2.05) is 4.68 Å². The molecular formula is C15H16ClN5O. The summed E-state index contributed by atoms with van der Waals surface area (Å²) in [6.45, 7) is 1.13. The van der Waals surface area contributed by atoms with Crippen LogP contribution in [0.2, 0.25) is 5.02 Å². The maximum Gasteiger partial charge on any atom is 0.176 e. The van der Waals surface area contributed by atoms with Crippen LogP contribution in [0.1, 0.15) is 23.6 Å². The van der Waals surface area contributed by atoms with E-state index in [1.165, 1.54) is 0 Å². The SMILES string of the molecule is COCc1nc2n(n1)C[C@@H](Nc1cc(Cl)ccc1C#N)CC2. The van der Waals surface area contributed by atoms with Gasteiger partial charge in [0.2, 0.25) is 0 Å². The van der Waals surface area contributed by atoms with Gasteiger partial charge in [0.05, 0.1) is 17.8 Å². The molecule has 1 aromatic heterocycles. The lowest BCUT2D eigenvalue weighted by atomic mass is 10.1. The molecule has 0 spiro atoms. The minimum Gasteiger partial charge on any atom is -0.379 e. The third-order valence-corrected chi connectivity index (χ3v) is 3.87. The van der Waals surface area contributed by atoms with E-state index < -0.39 is 0 Å². The number of methoxy groups -OCH3 is 1. The highest BCUT2D eigenvalue weighted by Crippen LogP contribution is 2.24. The molecular weight excluding hydrogens is 302 g/mol. The first-order valence-corrected chi connectivity index (χ1v) is 7.45. The Morgan fingerprint density at radius 3 is 3.18 bits per heavy atom. The third-order valence-electron chi connectivity index (χ3n) is 3.64. The standard InChI is InChI=1S/C15H16ClN5O/c1-22-9-14-19-15-5-4-12(8-21(15)20-14)18-13-6-11(16)3-2-10(13)7-17/h2-3,6,12,18H,4-5,8-9H2,1H3/t12-/m0/s1. The number of benzene rings is 1. The van der Waals surface area contributed by atoms with E-state index >= 15 is 0 Å². The maximum atomic E-state index is 9.18. The van der Waals surface area contributed by atoms with Gasteiger partial charge in [0.1, 0.15) is 18.5 Å². The highest BCUT2D eigenvalue weighted by Gasteiger charge is 2.22. The Bertz CT molecular complexity index is 721. The quantitative estimate of drug-likeness (QED) is 0.937. The van der Waals surface area contributed by atoms with Crippen LogP contribution in [0, 0.1) is 11.3 Å². The van der Waals surface area contributed by atoms with Gasteiger partial charge >= 0.3 is 0 Å². The van der Waals surface area contributed by atoms with E-state index in [1.54, 1.807) is 25.3 Å². The second-order valence-electron chi connectivity index (χ2n) is 5.24. The van der Waals surface area contributed by atoms with Crippen molar-refractivity contribution < 1.29 is 4.74 Å². The van der Waals surface area contributed by atoms with Crippen molar-refractivity contribution in [1.29, 1.82) is 5.26 Å². The molecule has 3 rings (SSSR count). The van der Waals surface area contributed by atoms with Gasteiger partial charge in [-0.3, -0.25) is 0 Å². The van der Waals surface area contributed by atoms with E-state index in [-0.39, 0.29) is 6.04 Å². The van der Waals surface area contributed by atoms with Crippen LogP contribution < -0.4 is 5.32 Å². The van der Waals surface area contributed by atoms with Crippen molar-refractivity contribution in [3.05, 3.63) is 40.4 Å². The monoisotopic (exact) mass is 317 g/mol. The number of aryl methyl sites for hydroxylation is 1. The molecule has 0 saturated heterocycles. The zero-order chi connectivity index (χ0) is 15.5. The summed E-state index contributed by atoms with van der Waals surface area (Å²) in [5.74, 6) is 1.69. The van der Waals surface area contributed by atoms with Crippen LogP contribution in [0.5, 0.6) is 0 Å². The molecule has 1 aliphatic heterocycles. The Kier molecular flexibility index (Phi) is 4.27. The average molecular weight is 318 g/mol. The van der Waals surface area contributed by atoms with Crippen LogP contribution in [0.4, 0.5) is 5.69 Å². The minimum absolute atomic E-state index is 0.190. The summed E-state index contributed by atoms with van der Waals surface area (Å²) < 4.78 is 6.98. The van der Waals surface area contributed by atoms with Crippen molar-refractivity contribution in [1.82, 2.24) is 14.8 Å². The van der Waals surface area contributed by atoms with E-state index in [0.717, 1.165) is 24.4 Å². The highest BCUT2D eigenvalue weighted by molar-refractivity contribution is 6.30. The van der Waals surface area contributed by atoms with Gasteiger partial charge in [-0.2, -0.15) is 10.4 Å². The fraction of sp³-hybridized carbons (Fsp3) is 0.400. The summed E-state index contributed by atoms with van der Waals surface area (Å²) in [7, 11) is 1.63. The molecule has 0 aliphatic carbocycles. The van der Waals surface area contributed by atoms with Crippen molar-refractivity contribution in [2.45, 2.75) is 32.0 Å². The van der Waals surface area contributed by atoms with Crippen molar-refractivity contribution in [2.24, 2.45) is 0 Å². The number of anilines is 1. The van der Waals surface area contributed by atoms with Gasteiger partial charge < -0.3 is 10.1 Å². The predicted molar refractivity (Wildman–Crippen MR) is 82.6 cm³/mol. The van der Waals surface area contributed by atoms with Gasteiger partial charge in [0.25, 0.3) is 0 Å². The lowest BCUT2D eigenvalue weighted by Gasteiger charge is -2.25. The molecule has 0 saturated carbocycles. The summed E-state index contributed by atoms with van der Waals surface area (Å²) in [5, 5.41) is 17.6. The van der Waals surface area contributed by atoms with Crippen molar-refractivity contribution in [3.8, 4) is 6.07 Å². The summed E-state index contributed by atoms with van der Waals surface area (Å²) in [6, 6.07) is 7.60. The van der Waals surface area contributed by atoms with Gasteiger partial charge in [-0.1, -0.05) is 11.6 Å². The molecule has 22 heavy (non-hydrogen) atoms. The molecule has 2 heterocycles. The molecule has 0 fully saturated rings. The molecule has 0 bridgehead atoms. The van der Waals surface area contributed by atoms with E-state index in [4.69, 9.17) is 16.3 Å². The molecule has 2 aromatic rings. The summed E-state index contributed by atoms with van der Waals surface area (Å²) in [6.07, 6.45) is 1.78. The number of nitrogens with one attached hydrogen (secondary N) is 1. The van der Waals surface area contributed by atoms with Crippen molar-refractivity contribution in [3.63, 3.8) is 0 Å². The Balaban J connectivity index is 1.75. The lowest BCUT2D eigenvalue weighted by Crippen LogP contribution is -2.32. The number of rotatable bonds is 4. The smallest absolute Gasteiger partial charge is 0.176 e. The molecule has 1 aromatic carbocycles. The van der Waals surface area contributed by atoms with Gasteiger partial charge in [-0.25, -0.2) is 9.67 Å². The van der Waals surface area contributed by atoms with E-state index in [9.17, 15) is 5.26 Å². The Morgan fingerprint density at radius 1 is 1.55 bits per heavy atom. The fourth-order valence-electron chi connectivity index (χ4n) is 2.62. The van der Waals surface area contributed by atoms with E-state index in [2.05, 4.69) is 21.5 Å². The first-order chi connectivity index (χ1) is 10.7. The van der Waals surface area contributed by atoms with Gasteiger partial charge in [0, 0.05) is 24.6 Å². The third kappa shape index (κ3) is 3.06. The number of aromatic nitrogens is 3. The number of ether oxygens (including phenoxy) is 1. The lowest BCUT2D eigenvalue weighted by molar-refractivity contribution is 0.177. The molecule has 0 amide bonds. The number of nitrogens with zero attached hydrogens (tertiary/aromatic N) is 4. The maximum absolute atomic E-state index is 9.18. The van der Waals surface area contributed by atoms with Gasteiger partial charge in [-0.05, 0) is 24.6 Å². The normalized spacial score (nSPS) is 16.9. The van der Waals surface area contributed by atoms with Crippen LogP contribution in [0.15, 0.2) is 18.2 Å². The minimum atomic E-state index is 0.190. The number of nitriles is 1. The van der Waals surface area contributed by atoms with E-state index in [0.29, 0.717) is 29.6 Å². The number of halogens is 1. The Labute approximate surface area is 133 Å². The van der Waals surface area contributed by atoms with Gasteiger partial charge in [-0.15, -0.1) is 0 Å². The molecule has 6 nitrogen and oxygen atoms in total. The molecule has 0 radical (unpaired) electrons. The second-order valence-corrected chi connectivity index (χ2v) is 5.68. The molecule has 1 aliphatic rings. The number of hydrogen-bond donors (Lipinski definition) is 1. The summed E-state index contributed by atoms with van der Waals surface area (Å²) >= 11 is 6.02. The highest BCUT2D eigenvalue weighted by atomic mass is 35.5. The summed E-state index contributed by atoms with van der Waals surface area (Å²) in [5.41, 5.74) is 1.36. The van der Waals surface area contributed by atoms with Crippen molar-refractivity contribution >= 4 is 17.3 Å². The predicted octanol–water partition coefficient (Wildman–Crippen LogP) is 2.38. The van der Waals surface area contributed by atoms with Crippen LogP contribution in [0.3, 0.4) is 0 Å². The van der Waals surface area contributed by atoms with Crippen LogP contribution in [-0.2, 0) is 24.3 Å². The molecule has 1 N–H and O–H groups in total. The van der Waals surface area contributed by atoms with Crippen molar-refractivity contribution in [2.75, 3.05) is 12.4 Å². The molecule has 0 unspecified atom stereocenters. The van der Waals surface area contributed by atoms with Crippen LogP contribution in [0.25, 0.3) is 0 Å². The van der Waals surface area contributed by atoms with Crippen LogP contribution >= 0.6 is 11.6 Å². The topological polar surface area (TPSA) is 75.8 Å².